The minimum Gasteiger partial charge on any atom is -0.507 e. The number of phenolic OH excluding ortho intramolecular Hbond substituents is 2. The molecule has 0 unspecified atom stereocenters. The van der Waals surface area contributed by atoms with Crippen LogP contribution in [0.5, 0.6) is 17.2 Å². The second-order valence-corrected chi connectivity index (χ2v) is 8.18. The molecule has 3 heterocycles. The average molecular weight is 445 g/mol. The quantitative estimate of drug-likeness (QED) is 0.418. The van der Waals surface area contributed by atoms with Crippen molar-refractivity contribution in [3.8, 4) is 28.5 Å². The number of aromatic amines is 1. The van der Waals surface area contributed by atoms with Gasteiger partial charge in [-0.15, -0.1) is 0 Å². The Balaban J connectivity index is 1.72. The molecular weight excluding hydrogens is 422 g/mol. The largest absolute Gasteiger partial charge is 0.507 e. The van der Waals surface area contributed by atoms with Gasteiger partial charge in [-0.3, -0.25) is 9.89 Å². The molecule has 0 radical (unpaired) electrons. The van der Waals surface area contributed by atoms with Crippen LogP contribution in [0.15, 0.2) is 53.1 Å². The van der Waals surface area contributed by atoms with Crippen molar-refractivity contribution >= 4 is 5.91 Å². The van der Waals surface area contributed by atoms with Gasteiger partial charge in [0.15, 0.2) is 11.5 Å². The van der Waals surface area contributed by atoms with Crippen LogP contribution in [0.4, 0.5) is 0 Å². The maximum absolute atomic E-state index is 13.5. The van der Waals surface area contributed by atoms with E-state index >= 15 is 0 Å². The van der Waals surface area contributed by atoms with Gasteiger partial charge in [0.25, 0.3) is 5.91 Å². The number of rotatable bonds is 5. The summed E-state index contributed by atoms with van der Waals surface area (Å²) in [5, 5.41) is 28.2. The summed E-state index contributed by atoms with van der Waals surface area (Å²) in [5.41, 5.74) is 4.59. The summed E-state index contributed by atoms with van der Waals surface area (Å²) in [6.07, 6.45) is 1.56. The number of ether oxygens (including phenoxy) is 1. The van der Waals surface area contributed by atoms with E-state index in [1.807, 2.05) is 26.0 Å². The molecule has 0 aliphatic carbocycles. The fourth-order valence-corrected chi connectivity index (χ4v) is 4.58. The number of carbonyl (C=O) groups is 1. The highest BCUT2D eigenvalue weighted by atomic mass is 16.5. The lowest BCUT2D eigenvalue weighted by molar-refractivity contribution is 0.0717. The summed E-state index contributed by atoms with van der Waals surface area (Å²) >= 11 is 0. The lowest BCUT2D eigenvalue weighted by Gasteiger charge is -2.26. The van der Waals surface area contributed by atoms with Crippen LogP contribution in [0.2, 0.25) is 0 Å². The SMILES string of the molecule is COc1cc([C@@H]2c3c(-c4c(C)cc(C)cc4O)n[nH]c3C(=O)N2Cc2ccco2)ccc1O. The Bertz CT molecular complexity index is 1330. The number of hydrogen-bond donors (Lipinski definition) is 3. The summed E-state index contributed by atoms with van der Waals surface area (Å²) < 4.78 is 10.8. The molecule has 8 heteroatoms. The van der Waals surface area contributed by atoms with E-state index < -0.39 is 6.04 Å². The number of nitrogens with one attached hydrogen (secondary N) is 1. The minimum atomic E-state index is -0.541. The zero-order chi connectivity index (χ0) is 23.3. The summed E-state index contributed by atoms with van der Waals surface area (Å²) in [5.74, 6) is 0.795. The first-order valence-corrected chi connectivity index (χ1v) is 10.5. The second-order valence-electron chi connectivity index (χ2n) is 8.18. The van der Waals surface area contributed by atoms with Gasteiger partial charge in [0, 0.05) is 11.1 Å². The first-order chi connectivity index (χ1) is 15.9. The van der Waals surface area contributed by atoms with Crippen molar-refractivity contribution in [1.29, 1.82) is 0 Å². The topological polar surface area (TPSA) is 112 Å². The van der Waals surface area contributed by atoms with E-state index in [0.717, 1.165) is 16.7 Å². The number of methoxy groups -OCH3 is 1. The highest BCUT2D eigenvalue weighted by molar-refractivity contribution is 6.00. The third-order valence-corrected chi connectivity index (χ3v) is 5.99. The van der Waals surface area contributed by atoms with Crippen molar-refractivity contribution in [2.24, 2.45) is 0 Å². The molecule has 1 atom stereocenters. The molecule has 4 aromatic rings. The average Bonchev–Trinajstić information content (AvgIpc) is 3.49. The van der Waals surface area contributed by atoms with Crippen molar-refractivity contribution < 1.29 is 24.2 Å². The molecule has 5 rings (SSSR count). The third-order valence-electron chi connectivity index (χ3n) is 5.99. The molecular formula is C25H23N3O5. The summed E-state index contributed by atoms with van der Waals surface area (Å²) in [7, 11) is 1.47. The van der Waals surface area contributed by atoms with Gasteiger partial charge in [0.1, 0.15) is 22.9 Å². The molecule has 0 saturated carbocycles. The number of H-pyrrole nitrogens is 1. The highest BCUT2D eigenvalue weighted by Crippen LogP contribution is 2.47. The molecule has 0 bridgehead atoms. The zero-order valence-corrected chi connectivity index (χ0v) is 18.4. The van der Waals surface area contributed by atoms with Crippen LogP contribution in [-0.2, 0) is 6.54 Å². The van der Waals surface area contributed by atoms with Crippen LogP contribution >= 0.6 is 0 Å². The van der Waals surface area contributed by atoms with Crippen molar-refractivity contribution in [2.75, 3.05) is 7.11 Å². The Kier molecular flexibility index (Phi) is 4.85. The van der Waals surface area contributed by atoms with E-state index in [1.54, 1.807) is 35.4 Å². The van der Waals surface area contributed by atoms with Crippen LogP contribution in [0.25, 0.3) is 11.3 Å². The fourth-order valence-electron chi connectivity index (χ4n) is 4.58. The van der Waals surface area contributed by atoms with E-state index in [9.17, 15) is 15.0 Å². The van der Waals surface area contributed by atoms with E-state index in [0.29, 0.717) is 34.0 Å². The number of fused-ring (bicyclic) bond motifs is 1. The molecule has 3 N–H and O–H groups in total. The number of furan rings is 1. The van der Waals surface area contributed by atoms with Crippen molar-refractivity contribution in [1.82, 2.24) is 15.1 Å². The monoisotopic (exact) mass is 445 g/mol. The van der Waals surface area contributed by atoms with Crippen molar-refractivity contribution in [3.63, 3.8) is 0 Å². The number of aromatic hydroxyl groups is 2. The highest BCUT2D eigenvalue weighted by Gasteiger charge is 2.43. The van der Waals surface area contributed by atoms with Crippen molar-refractivity contribution in [3.05, 3.63) is 82.4 Å². The van der Waals surface area contributed by atoms with Crippen LogP contribution < -0.4 is 4.74 Å². The predicted octanol–water partition coefficient (Wildman–Crippen LogP) is 4.45. The molecule has 0 fully saturated rings. The molecule has 2 aromatic heterocycles. The molecule has 1 aliphatic heterocycles. The normalized spacial score (nSPS) is 15.2. The van der Waals surface area contributed by atoms with Gasteiger partial charge in [0.05, 0.1) is 26.0 Å². The van der Waals surface area contributed by atoms with Crippen LogP contribution in [0.3, 0.4) is 0 Å². The maximum Gasteiger partial charge on any atom is 0.273 e. The van der Waals surface area contributed by atoms with Crippen molar-refractivity contribution in [2.45, 2.75) is 26.4 Å². The Labute approximate surface area is 190 Å². The van der Waals surface area contributed by atoms with E-state index in [1.165, 1.54) is 13.2 Å². The first-order valence-electron chi connectivity index (χ1n) is 10.5. The van der Waals surface area contributed by atoms with E-state index in [4.69, 9.17) is 9.15 Å². The predicted molar refractivity (Wildman–Crippen MR) is 120 cm³/mol. The van der Waals surface area contributed by atoms with E-state index in [2.05, 4.69) is 10.2 Å². The Hall–Kier alpha value is -4.20. The molecule has 0 spiro atoms. The molecule has 1 aliphatic rings. The smallest absolute Gasteiger partial charge is 0.273 e. The van der Waals surface area contributed by atoms with Gasteiger partial charge in [-0.05, 0) is 60.9 Å². The number of benzene rings is 2. The van der Waals surface area contributed by atoms with Crippen LogP contribution in [0.1, 0.15) is 44.5 Å². The molecule has 8 nitrogen and oxygen atoms in total. The lowest BCUT2D eigenvalue weighted by atomic mass is 9.93. The maximum atomic E-state index is 13.5. The number of nitrogens with zero attached hydrogens (tertiary/aromatic N) is 2. The standard InChI is InChI=1S/C25H23N3O5/c1-13-9-14(2)20(18(30)10-13)22-21-23(27-26-22)25(31)28(12-16-5-4-8-33-16)24(21)15-6-7-17(29)19(11-15)32-3/h4-11,24,29-30H,12H2,1-3H3,(H,26,27)/t24-/m1/s1. The minimum absolute atomic E-state index is 0.00261. The second kappa shape index (κ2) is 7.74. The molecule has 1 amide bonds. The Morgan fingerprint density at radius 1 is 1.15 bits per heavy atom. The Morgan fingerprint density at radius 2 is 1.97 bits per heavy atom. The summed E-state index contributed by atoms with van der Waals surface area (Å²) in [6, 6.07) is 11.7. The molecule has 33 heavy (non-hydrogen) atoms. The first kappa shape index (κ1) is 20.7. The van der Waals surface area contributed by atoms with Gasteiger partial charge < -0.3 is 24.3 Å². The fraction of sp³-hybridized carbons (Fsp3) is 0.200. The number of carbonyl (C=O) groups excluding carboxylic acids is 1. The summed E-state index contributed by atoms with van der Waals surface area (Å²) in [6.45, 7) is 4.05. The molecule has 0 saturated heterocycles. The number of aryl methyl sites for hydroxylation is 2. The Morgan fingerprint density at radius 3 is 2.67 bits per heavy atom. The zero-order valence-electron chi connectivity index (χ0n) is 18.4. The number of hydrogen-bond acceptors (Lipinski definition) is 6. The van der Waals surface area contributed by atoms with Gasteiger partial charge >= 0.3 is 0 Å². The number of amides is 1. The van der Waals surface area contributed by atoms with Crippen LogP contribution in [-0.4, -0.2) is 38.3 Å². The third kappa shape index (κ3) is 3.31. The number of phenols is 2. The van der Waals surface area contributed by atoms with Gasteiger partial charge in [-0.1, -0.05) is 12.1 Å². The van der Waals surface area contributed by atoms with Gasteiger partial charge in [0.2, 0.25) is 0 Å². The lowest BCUT2D eigenvalue weighted by Crippen LogP contribution is -2.29. The van der Waals surface area contributed by atoms with Gasteiger partial charge in [-0.25, -0.2) is 0 Å². The van der Waals surface area contributed by atoms with Gasteiger partial charge in [-0.2, -0.15) is 5.10 Å². The number of aromatic nitrogens is 2. The van der Waals surface area contributed by atoms with E-state index in [-0.39, 0.29) is 24.0 Å². The van der Waals surface area contributed by atoms with Crippen LogP contribution in [0, 0.1) is 13.8 Å². The molecule has 168 valence electrons. The summed E-state index contributed by atoms with van der Waals surface area (Å²) in [4.78, 5) is 15.1. The molecule has 2 aromatic carbocycles.